The van der Waals surface area contributed by atoms with Crippen molar-refractivity contribution in [2.24, 2.45) is 10.8 Å². The SMILES string of the molecule is CCN1CCC2(CN(C(=O)N(C)C)CC23CCN(C(=O)c2cccnc2)CC3)C1=O. The van der Waals surface area contributed by atoms with Gasteiger partial charge in [-0.1, -0.05) is 0 Å². The van der Waals surface area contributed by atoms with Crippen LogP contribution in [0.3, 0.4) is 0 Å². The number of rotatable bonds is 2. The van der Waals surface area contributed by atoms with Gasteiger partial charge in [-0.05, 0) is 38.3 Å². The van der Waals surface area contributed by atoms with Crippen molar-refractivity contribution < 1.29 is 14.4 Å². The molecule has 8 nitrogen and oxygen atoms in total. The number of pyridine rings is 1. The molecule has 0 aliphatic carbocycles. The van der Waals surface area contributed by atoms with E-state index >= 15 is 0 Å². The minimum atomic E-state index is -0.530. The molecular weight excluding hydrogens is 382 g/mol. The molecular formula is C22H31N5O3. The Hall–Kier alpha value is -2.64. The molecule has 0 bridgehead atoms. The van der Waals surface area contributed by atoms with Crippen LogP contribution in [0.25, 0.3) is 0 Å². The van der Waals surface area contributed by atoms with Gasteiger partial charge in [-0.3, -0.25) is 14.6 Å². The van der Waals surface area contributed by atoms with Gasteiger partial charge in [0.2, 0.25) is 5.91 Å². The molecule has 1 aromatic heterocycles. The lowest BCUT2D eigenvalue weighted by atomic mass is 9.60. The standard InChI is InChI=1S/C22H31N5O3/c1-4-25-13-9-22(19(25)29)16-27(20(30)24(2)3)15-21(22)7-11-26(12-8-21)18(28)17-6-5-10-23-14-17/h5-6,10,14H,4,7-9,11-13,15-16H2,1-3H3. The molecule has 0 radical (unpaired) electrons. The number of carbonyl (C=O) groups is 3. The van der Waals surface area contributed by atoms with Crippen LogP contribution < -0.4 is 0 Å². The quantitative estimate of drug-likeness (QED) is 0.737. The zero-order valence-electron chi connectivity index (χ0n) is 18.1. The van der Waals surface area contributed by atoms with Crippen LogP contribution in [-0.2, 0) is 4.79 Å². The number of nitrogens with zero attached hydrogens (tertiary/aromatic N) is 5. The smallest absolute Gasteiger partial charge is 0.319 e. The monoisotopic (exact) mass is 413 g/mol. The summed E-state index contributed by atoms with van der Waals surface area (Å²) < 4.78 is 0. The van der Waals surface area contributed by atoms with E-state index in [1.54, 1.807) is 43.5 Å². The molecule has 30 heavy (non-hydrogen) atoms. The zero-order chi connectivity index (χ0) is 21.5. The van der Waals surface area contributed by atoms with Gasteiger partial charge in [0.05, 0.1) is 11.0 Å². The molecule has 3 fully saturated rings. The van der Waals surface area contributed by atoms with E-state index in [0.717, 1.165) is 25.8 Å². The van der Waals surface area contributed by atoms with Crippen LogP contribution in [0.4, 0.5) is 4.79 Å². The van der Waals surface area contributed by atoms with Crippen LogP contribution in [0, 0.1) is 10.8 Å². The minimum absolute atomic E-state index is 0.0147. The average Bonchev–Trinajstić information content (AvgIpc) is 3.26. The van der Waals surface area contributed by atoms with Crippen LogP contribution in [-0.4, -0.2) is 95.8 Å². The Bertz CT molecular complexity index is 834. The fraction of sp³-hybridized carbons (Fsp3) is 0.636. The van der Waals surface area contributed by atoms with Crippen molar-refractivity contribution in [2.45, 2.75) is 26.2 Å². The maximum absolute atomic E-state index is 13.5. The number of hydrogen-bond acceptors (Lipinski definition) is 4. The van der Waals surface area contributed by atoms with E-state index in [-0.39, 0.29) is 23.3 Å². The fourth-order valence-corrected chi connectivity index (χ4v) is 5.71. The van der Waals surface area contributed by atoms with Gasteiger partial charge in [-0.15, -0.1) is 0 Å². The van der Waals surface area contributed by atoms with Gasteiger partial charge >= 0.3 is 6.03 Å². The normalized spacial score (nSPS) is 25.4. The summed E-state index contributed by atoms with van der Waals surface area (Å²) in [4.78, 5) is 50.5. The molecule has 3 saturated heterocycles. The molecule has 4 amide bonds. The molecule has 1 atom stereocenters. The molecule has 4 heterocycles. The predicted molar refractivity (Wildman–Crippen MR) is 112 cm³/mol. The summed E-state index contributed by atoms with van der Waals surface area (Å²) >= 11 is 0. The summed E-state index contributed by atoms with van der Waals surface area (Å²) in [6.07, 6.45) is 5.51. The Morgan fingerprint density at radius 3 is 2.40 bits per heavy atom. The van der Waals surface area contributed by atoms with Gasteiger partial charge in [-0.25, -0.2) is 4.79 Å². The van der Waals surface area contributed by atoms with E-state index in [2.05, 4.69) is 4.98 Å². The number of aromatic nitrogens is 1. The van der Waals surface area contributed by atoms with Gasteiger partial charge in [-0.2, -0.15) is 0 Å². The van der Waals surface area contributed by atoms with Crippen molar-refractivity contribution in [3.8, 4) is 0 Å². The number of amides is 4. The van der Waals surface area contributed by atoms with E-state index in [1.165, 1.54) is 0 Å². The van der Waals surface area contributed by atoms with Crippen molar-refractivity contribution in [1.82, 2.24) is 24.6 Å². The van der Waals surface area contributed by atoms with Crippen molar-refractivity contribution in [3.05, 3.63) is 30.1 Å². The summed E-state index contributed by atoms with van der Waals surface area (Å²) in [6.45, 7) is 5.72. The number of likely N-dealkylation sites (tertiary alicyclic amines) is 3. The van der Waals surface area contributed by atoms with Crippen LogP contribution in [0.5, 0.6) is 0 Å². The van der Waals surface area contributed by atoms with Gasteiger partial charge in [0, 0.05) is 71.2 Å². The Labute approximate surface area is 177 Å². The number of fused-ring (bicyclic) bond motifs is 1. The highest BCUT2D eigenvalue weighted by Crippen LogP contribution is 2.58. The number of urea groups is 1. The molecule has 0 saturated carbocycles. The van der Waals surface area contributed by atoms with E-state index in [0.29, 0.717) is 38.3 Å². The highest BCUT2D eigenvalue weighted by molar-refractivity contribution is 5.94. The summed E-state index contributed by atoms with van der Waals surface area (Å²) in [7, 11) is 3.51. The van der Waals surface area contributed by atoms with Crippen molar-refractivity contribution in [3.63, 3.8) is 0 Å². The Kier molecular flexibility index (Phi) is 5.20. The summed E-state index contributed by atoms with van der Waals surface area (Å²) in [5.74, 6) is 0.172. The zero-order valence-corrected chi connectivity index (χ0v) is 18.1. The van der Waals surface area contributed by atoms with E-state index in [1.807, 2.05) is 21.6 Å². The molecule has 0 N–H and O–H groups in total. The molecule has 3 aliphatic rings. The highest BCUT2D eigenvalue weighted by atomic mass is 16.2. The number of piperidine rings is 1. The highest BCUT2D eigenvalue weighted by Gasteiger charge is 2.66. The Morgan fingerprint density at radius 2 is 1.83 bits per heavy atom. The first-order valence-electron chi connectivity index (χ1n) is 10.8. The maximum Gasteiger partial charge on any atom is 0.319 e. The minimum Gasteiger partial charge on any atom is -0.342 e. The summed E-state index contributed by atoms with van der Waals surface area (Å²) in [5.41, 5.74) is -0.211. The largest absolute Gasteiger partial charge is 0.342 e. The second-order valence-corrected chi connectivity index (χ2v) is 9.06. The van der Waals surface area contributed by atoms with Gasteiger partial charge < -0.3 is 19.6 Å². The summed E-state index contributed by atoms with van der Waals surface area (Å²) in [5, 5.41) is 0. The fourth-order valence-electron chi connectivity index (χ4n) is 5.71. The molecule has 4 rings (SSSR count). The second kappa shape index (κ2) is 7.56. The van der Waals surface area contributed by atoms with Crippen LogP contribution in [0.15, 0.2) is 24.5 Å². The molecule has 162 valence electrons. The van der Waals surface area contributed by atoms with E-state index in [4.69, 9.17) is 0 Å². The lowest BCUT2D eigenvalue weighted by Crippen LogP contribution is -2.53. The number of carbonyl (C=O) groups excluding carboxylic acids is 3. The third-order valence-electron chi connectivity index (χ3n) is 7.43. The molecule has 2 spiro atoms. The molecule has 1 aromatic rings. The Balaban J connectivity index is 1.58. The summed E-state index contributed by atoms with van der Waals surface area (Å²) in [6, 6.07) is 3.52. The van der Waals surface area contributed by atoms with E-state index in [9.17, 15) is 14.4 Å². The molecule has 1 unspecified atom stereocenters. The average molecular weight is 414 g/mol. The van der Waals surface area contributed by atoms with Crippen LogP contribution in [0.1, 0.15) is 36.5 Å². The topological polar surface area (TPSA) is 77.1 Å². The third-order valence-corrected chi connectivity index (χ3v) is 7.43. The predicted octanol–water partition coefficient (Wildman–Crippen LogP) is 1.54. The first-order chi connectivity index (χ1) is 14.3. The number of hydrogen-bond donors (Lipinski definition) is 0. The lowest BCUT2D eigenvalue weighted by Gasteiger charge is -2.46. The van der Waals surface area contributed by atoms with Crippen molar-refractivity contribution in [2.75, 3.05) is 53.4 Å². The van der Waals surface area contributed by atoms with Crippen molar-refractivity contribution >= 4 is 17.8 Å². The molecule has 0 aromatic carbocycles. The lowest BCUT2D eigenvalue weighted by molar-refractivity contribution is -0.141. The Morgan fingerprint density at radius 1 is 1.10 bits per heavy atom. The van der Waals surface area contributed by atoms with Gasteiger partial charge in [0.25, 0.3) is 5.91 Å². The first-order valence-corrected chi connectivity index (χ1v) is 10.8. The maximum atomic E-state index is 13.5. The van der Waals surface area contributed by atoms with Gasteiger partial charge in [0.1, 0.15) is 0 Å². The van der Waals surface area contributed by atoms with Crippen molar-refractivity contribution in [1.29, 1.82) is 0 Å². The van der Waals surface area contributed by atoms with E-state index < -0.39 is 5.41 Å². The third kappa shape index (κ3) is 3.04. The van der Waals surface area contributed by atoms with Gasteiger partial charge in [0.15, 0.2) is 0 Å². The second-order valence-electron chi connectivity index (χ2n) is 9.06. The first kappa shape index (κ1) is 20.6. The van der Waals surface area contributed by atoms with Crippen LogP contribution in [0.2, 0.25) is 0 Å². The van der Waals surface area contributed by atoms with Crippen LogP contribution >= 0.6 is 0 Å². The molecule has 3 aliphatic heterocycles. The molecule has 8 heteroatoms.